The largest absolute Gasteiger partial charge is 0.417 e. The molecule has 1 aromatic carbocycles. The van der Waals surface area contributed by atoms with E-state index in [0.29, 0.717) is 0 Å². The smallest absolute Gasteiger partial charge is 0.389 e. The lowest BCUT2D eigenvalue weighted by Crippen LogP contribution is -2.21. The number of alkyl halides is 4. The average Bonchev–Trinajstić information content (AvgIpc) is 2.25. The molecule has 17 heavy (non-hydrogen) atoms. The molecule has 0 saturated heterocycles. The molecule has 0 aromatic heterocycles. The van der Waals surface area contributed by atoms with Crippen molar-refractivity contribution in [2.24, 2.45) is 0 Å². The summed E-state index contributed by atoms with van der Waals surface area (Å²) in [5, 5.41) is 18.2. The fourth-order valence-electron chi connectivity index (χ4n) is 1.29. The molecule has 0 saturated carbocycles. The third-order valence-electron chi connectivity index (χ3n) is 2.18. The van der Waals surface area contributed by atoms with Gasteiger partial charge < -0.3 is 10.2 Å². The molecule has 0 amide bonds. The van der Waals surface area contributed by atoms with E-state index in [2.05, 4.69) is 0 Å². The van der Waals surface area contributed by atoms with E-state index in [1.165, 1.54) is 6.07 Å². The van der Waals surface area contributed by atoms with Crippen LogP contribution in [0.2, 0.25) is 5.02 Å². The Morgan fingerprint density at radius 3 is 2.29 bits per heavy atom. The Kier molecular flexibility index (Phi) is 4.66. The van der Waals surface area contributed by atoms with Crippen LogP contribution >= 0.6 is 23.2 Å². The van der Waals surface area contributed by atoms with Crippen molar-refractivity contribution in [2.75, 3.05) is 5.88 Å². The van der Waals surface area contributed by atoms with Gasteiger partial charge in [0.25, 0.3) is 0 Å². The molecule has 96 valence electrons. The topological polar surface area (TPSA) is 40.5 Å². The Bertz CT molecular complexity index is 396. The van der Waals surface area contributed by atoms with Gasteiger partial charge in [-0.05, 0) is 6.07 Å². The number of benzene rings is 1. The highest BCUT2D eigenvalue weighted by Gasteiger charge is 2.35. The van der Waals surface area contributed by atoms with Crippen molar-refractivity contribution in [3.05, 3.63) is 34.3 Å². The minimum atomic E-state index is -4.61. The molecule has 2 atom stereocenters. The molecule has 0 aliphatic rings. The standard InChI is InChI=1S/C10H9Cl2F3O2/c11-4-7(16)9(17)5-2-1-3-6(8(5)12)10(13,14)15/h1-3,7,9,16-17H,4H2. The molecular weight excluding hydrogens is 280 g/mol. The van der Waals surface area contributed by atoms with Crippen molar-refractivity contribution in [1.29, 1.82) is 0 Å². The summed E-state index contributed by atoms with van der Waals surface area (Å²) in [6, 6.07) is 3.11. The Morgan fingerprint density at radius 2 is 1.82 bits per heavy atom. The van der Waals surface area contributed by atoms with Crippen LogP contribution in [0, 0.1) is 0 Å². The van der Waals surface area contributed by atoms with E-state index in [4.69, 9.17) is 23.2 Å². The predicted octanol–water partition coefficient (Wildman–Crippen LogP) is 2.99. The average molecular weight is 289 g/mol. The number of aliphatic hydroxyl groups excluding tert-OH is 2. The number of rotatable bonds is 3. The quantitative estimate of drug-likeness (QED) is 0.840. The third kappa shape index (κ3) is 3.25. The highest BCUT2D eigenvalue weighted by Crippen LogP contribution is 2.38. The highest BCUT2D eigenvalue weighted by molar-refractivity contribution is 6.32. The van der Waals surface area contributed by atoms with Crippen molar-refractivity contribution in [2.45, 2.75) is 18.4 Å². The van der Waals surface area contributed by atoms with Crippen LogP contribution in [0.5, 0.6) is 0 Å². The molecule has 0 spiro atoms. The van der Waals surface area contributed by atoms with Crippen LogP contribution in [0.1, 0.15) is 17.2 Å². The summed E-state index contributed by atoms with van der Waals surface area (Å²) >= 11 is 10.9. The lowest BCUT2D eigenvalue weighted by atomic mass is 10.0. The van der Waals surface area contributed by atoms with Gasteiger partial charge in [0.2, 0.25) is 0 Å². The molecule has 0 fully saturated rings. The molecule has 1 rings (SSSR count). The highest BCUT2D eigenvalue weighted by atomic mass is 35.5. The molecule has 1 aromatic rings. The number of aliphatic hydroxyl groups is 2. The molecule has 0 bridgehead atoms. The van der Waals surface area contributed by atoms with E-state index in [1.54, 1.807) is 0 Å². The van der Waals surface area contributed by atoms with Crippen molar-refractivity contribution >= 4 is 23.2 Å². The van der Waals surface area contributed by atoms with Gasteiger partial charge in [-0.25, -0.2) is 0 Å². The van der Waals surface area contributed by atoms with Gasteiger partial charge in [-0.3, -0.25) is 0 Å². The van der Waals surface area contributed by atoms with Crippen molar-refractivity contribution in [1.82, 2.24) is 0 Å². The SMILES string of the molecule is OC(CCl)C(O)c1cccc(C(F)(F)F)c1Cl. The normalized spacial score (nSPS) is 15.7. The monoisotopic (exact) mass is 288 g/mol. The fourth-order valence-corrected chi connectivity index (χ4v) is 1.80. The maximum Gasteiger partial charge on any atom is 0.417 e. The molecule has 0 heterocycles. The zero-order valence-corrected chi connectivity index (χ0v) is 9.89. The van der Waals surface area contributed by atoms with Crippen LogP contribution in [-0.2, 0) is 6.18 Å². The zero-order valence-electron chi connectivity index (χ0n) is 8.38. The summed E-state index contributed by atoms with van der Waals surface area (Å²) in [6.07, 6.45) is -7.54. The van der Waals surface area contributed by atoms with Gasteiger partial charge in [0.1, 0.15) is 6.10 Å². The summed E-state index contributed by atoms with van der Waals surface area (Å²) in [7, 11) is 0. The van der Waals surface area contributed by atoms with E-state index in [-0.39, 0.29) is 11.4 Å². The van der Waals surface area contributed by atoms with Gasteiger partial charge in [-0.15, -0.1) is 11.6 Å². The second-order valence-electron chi connectivity index (χ2n) is 3.37. The van der Waals surface area contributed by atoms with Crippen molar-refractivity contribution < 1.29 is 23.4 Å². The number of hydrogen-bond acceptors (Lipinski definition) is 2. The minimum absolute atomic E-state index is 0.199. The van der Waals surface area contributed by atoms with Gasteiger partial charge >= 0.3 is 6.18 Å². The van der Waals surface area contributed by atoms with Crippen molar-refractivity contribution in [3.63, 3.8) is 0 Å². The zero-order chi connectivity index (χ0) is 13.2. The van der Waals surface area contributed by atoms with E-state index < -0.39 is 29.0 Å². The minimum Gasteiger partial charge on any atom is -0.389 e. The van der Waals surface area contributed by atoms with Crippen LogP contribution in [0.4, 0.5) is 13.2 Å². The van der Waals surface area contributed by atoms with Crippen LogP contribution in [0.25, 0.3) is 0 Å². The summed E-state index contributed by atoms with van der Waals surface area (Å²) < 4.78 is 37.6. The van der Waals surface area contributed by atoms with Gasteiger partial charge in [0.15, 0.2) is 0 Å². The van der Waals surface area contributed by atoms with Gasteiger partial charge in [-0.2, -0.15) is 13.2 Å². The van der Waals surface area contributed by atoms with E-state index in [9.17, 15) is 23.4 Å². The lowest BCUT2D eigenvalue weighted by molar-refractivity contribution is -0.137. The summed E-state index contributed by atoms with van der Waals surface area (Å²) in [5.74, 6) is -0.312. The van der Waals surface area contributed by atoms with E-state index in [0.717, 1.165) is 12.1 Å². The Morgan fingerprint density at radius 1 is 1.24 bits per heavy atom. The first kappa shape index (κ1) is 14.6. The molecule has 2 nitrogen and oxygen atoms in total. The Hall–Kier alpha value is -0.490. The summed E-state index contributed by atoms with van der Waals surface area (Å²) in [6.45, 7) is 0. The van der Waals surface area contributed by atoms with E-state index >= 15 is 0 Å². The molecule has 2 unspecified atom stereocenters. The Labute approximate surface area is 106 Å². The van der Waals surface area contributed by atoms with Crippen LogP contribution in [0.15, 0.2) is 18.2 Å². The molecule has 0 aliphatic heterocycles. The van der Waals surface area contributed by atoms with Gasteiger partial charge in [-0.1, -0.05) is 23.7 Å². The number of hydrogen-bond donors (Lipinski definition) is 2. The summed E-state index contributed by atoms with van der Waals surface area (Å²) in [4.78, 5) is 0. The maximum atomic E-state index is 12.5. The second kappa shape index (κ2) is 5.44. The van der Waals surface area contributed by atoms with Crippen molar-refractivity contribution in [3.8, 4) is 0 Å². The predicted molar refractivity (Wildman–Crippen MR) is 58.1 cm³/mol. The summed E-state index contributed by atoms with van der Waals surface area (Å²) in [5.41, 5.74) is -1.26. The molecule has 0 radical (unpaired) electrons. The lowest BCUT2D eigenvalue weighted by Gasteiger charge is -2.19. The van der Waals surface area contributed by atoms with Crippen LogP contribution in [-0.4, -0.2) is 22.2 Å². The van der Waals surface area contributed by atoms with Gasteiger partial charge in [0, 0.05) is 5.56 Å². The first-order valence-electron chi connectivity index (χ1n) is 4.56. The maximum absolute atomic E-state index is 12.5. The second-order valence-corrected chi connectivity index (χ2v) is 4.06. The third-order valence-corrected chi connectivity index (χ3v) is 2.91. The fraction of sp³-hybridized carbons (Fsp3) is 0.400. The first-order chi connectivity index (χ1) is 7.79. The molecular formula is C10H9Cl2F3O2. The molecule has 2 N–H and O–H groups in total. The van der Waals surface area contributed by atoms with E-state index in [1.807, 2.05) is 0 Å². The Balaban J connectivity index is 3.19. The van der Waals surface area contributed by atoms with Crippen LogP contribution < -0.4 is 0 Å². The van der Waals surface area contributed by atoms with Gasteiger partial charge in [0.05, 0.1) is 22.6 Å². The molecule has 7 heteroatoms. The number of halogens is 5. The van der Waals surface area contributed by atoms with Crippen LogP contribution in [0.3, 0.4) is 0 Å². The molecule has 0 aliphatic carbocycles. The first-order valence-corrected chi connectivity index (χ1v) is 5.48.